The molecule has 5 aromatic rings. The van der Waals surface area contributed by atoms with Gasteiger partial charge in [0.25, 0.3) is 5.82 Å². The van der Waals surface area contributed by atoms with Gasteiger partial charge in [0, 0.05) is 28.5 Å². The monoisotopic (exact) mass is 454 g/mol. The van der Waals surface area contributed by atoms with Crippen LogP contribution in [0, 0.1) is 0 Å². The van der Waals surface area contributed by atoms with E-state index in [1.54, 1.807) is 12.5 Å². The third kappa shape index (κ3) is 2.74. The van der Waals surface area contributed by atoms with Gasteiger partial charge in [-0.15, -0.1) is 0 Å². The topological polar surface area (TPSA) is 35.1 Å². The van der Waals surface area contributed by atoms with Gasteiger partial charge >= 0.3 is 0 Å². The van der Waals surface area contributed by atoms with Crippen LogP contribution in [0.2, 0.25) is 0 Å². The van der Waals surface area contributed by atoms with Crippen LogP contribution in [0.3, 0.4) is 0 Å². The smallest absolute Gasteiger partial charge is 0.266 e. The van der Waals surface area contributed by atoms with Crippen LogP contribution in [-0.2, 0) is 12.0 Å². The predicted octanol–water partition coefficient (Wildman–Crippen LogP) is 2.44. The van der Waals surface area contributed by atoms with Crippen LogP contribution in [0.25, 0.3) is 0 Å². The van der Waals surface area contributed by atoms with E-state index in [1.165, 1.54) is 33.6 Å². The Morgan fingerprint density at radius 3 is 2.18 bits per heavy atom. The van der Waals surface area contributed by atoms with E-state index in [-0.39, 0.29) is 29.8 Å². The highest BCUT2D eigenvalue weighted by Gasteiger charge is 2.60. The average molecular weight is 455 g/mol. The molecule has 2 atom stereocenters. The normalized spacial score (nSPS) is 19.5. The fourth-order valence-corrected chi connectivity index (χ4v) is 6.20. The summed E-state index contributed by atoms with van der Waals surface area (Å²) in [6.07, 6.45) is 12.9. The van der Waals surface area contributed by atoms with E-state index in [1.807, 2.05) is 12.5 Å². The predicted molar refractivity (Wildman–Crippen MR) is 119 cm³/mol. The zero-order valence-electron chi connectivity index (χ0n) is 18.0. The minimum atomic E-state index is -0.244. The number of furan rings is 2. The van der Waals surface area contributed by atoms with E-state index in [0.717, 1.165) is 13.0 Å². The summed E-state index contributed by atoms with van der Waals surface area (Å²) < 4.78 is 16.2. The third-order valence-electron chi connectivity index (χ3n) is 7.50. The van der Waals surface area contributed by atoms with Gasteiger partial charge in [-0.3, -0.25) is 0 Å². The lowest BCUT2D eigenvalue weighted by atomic mass is 9.55. The Morgan fingerprint density at radius 2 is 1.52 bits per heavy atom. The molecule has 2 bridgehead atoms. The maximum atomic E-state index is 5.64. The summed E-state index contributed by atoms with van der Waals surface area (Å²) in [6, 6.07) is 24.2. The quantitative estimate of drug-likeness (QED) is 0.391. The van der Waals surface area contributed by atoms with Gasteiger partial charge in [0.2, 0.25) is 0 Å². The summed E-state index contributed by atoms with van der Waals surface area (Å²) in [5, 5.41) is 0. The van der Waals surface area contributed by atoms with Crippen molar-refractivity contribution in [1.82, 2.24) is 4.57 Å². The molecule has 4 nitrogen and oxygen atoms in total. The van der Waals surface area contributed by atoms with Crippen LogP contribution in [-0.4, -0.2) is 4.57 Å². The fourth-order valence-electron chi connectivity index (χ4n) is 6.20. The lowest BCUT2D eigenvalue weighted by Crippen LogP contribution is -3.00. The average Bonchev–Trinajstić information content (AvgIpc) is 3.62. The number of aromatic nitrogens is 2. The maximum absolute atomic E-state index is 5.64. The Bertz CT molecular complexity index is 1350. The summed E-state index contributed by atoms with van der Waals surface area (Å²) in [7, 11) is 0. The molecule has 1 aliphatic carbocycles. The minimum Gasteiger partial charge on any atom is -1.00 e. The van der Waals surface area contributed by atoms with Crippen molar-refractivity contribution in [2.45, 2.75) is 30.3 Å². The Hall–Kier alpha value is -3.50. The Kier molecular flexibility index (Phi) is 4.59. The van der Waals surface area contributed by atoms with Crippen LogP contribution < -0.4 is 17.0 Å². The summed E-state index contributed by atoms with van der Waals surface area (Å²) >= 11 is 0. The number of rotatable bonds is 4. The number of nitrogens with zero attached hydrogens (tertiary/aromatic N) is 2. The highest BCUT2D eigenvalue weighted by atomic mass is 35.5. The second-order valence-electron chi connectivity index (χ2n) is 8.95. The highest BCUT2D eigenvalue weighted by molar-refractivity contribution is 5.53. The SMILES string of the molecule is [Cl-].c1ccc(Cn2cc[n+]3c2[C@@H]2c4ccccc4[C@H]3CC2(c2ccoc2)c2ccoc2)cc1. The molecule has 0 spiro atoms. The number of halogens is 1. The van der Waals surface area contributed by atoms with Crippen molar-refractivity contribution in [1.29, 1.82) is 0 Å². The largest absolute Gasteiger partial charge is 1.00 e. The molecule has 0 fully saturated rings. The van der Waals surface area contributed by atoms with Crippen LogP contribution >= 0.6 is 0 Å². The number of fused-ring (bicyclic) bond motifs is 1. The maximum Gasteiger partial charge on any atom is 0.266 e. The molecule has 0 saturated heterocycles. The van der Waals surface area contributed by atoms with Gasteiger partial charge < -0.3 is 21.2 Å². The van der Waals surface area contributed by atoms with Crippen molar-refractivity contribution in [3.8, 4) is 0 Å². The van der Waals surface area contributed by atoms with Gasteiger partial charge in [-0.1, -0.05) is 54.6 Å². The van der Waals surface area contributed by atoms with Crippen LogP contribution in [0.4, 0.5) is 0 Å². The minimum absolute atomic E-state index is 0. The molecule has 0 unspecified atom stereocenters. The van der Waals surface area contributed by atoms with Gasteiger partial charge in [0.15, 0.2) is 0 Å². The molecule has 33 heavy (non-hydrogen) atoms. The summed E-state index contributed by atoms with van der Waals surface area (Å²) in [5.74, 6) is 1.49. The van der Waals surface area contributed by atoms with E-state index in [0.29, 0.717) is 0 Å². The van der Waals surface area contributed by atoms with Crippen LogP contribution in [0.5, 0.6) is 0 Å². The molecular weight excluding hydrogens is 432 g/mol. The van der Waals surface area contributed by atoms with Gasteiger partial charge in [-0.05, 0) is 23.3 Å². The molecule has 2 aliphatic heterocycles. The number of hydrogen-bond acceptors (Lipinski definition) is 2. The van der Waals surface area contributed by atoms with Crippen LogP contribution in [0.1, 0.15) is 52.0 Å². The van der Waals surface area contributed by atoms with Crippen molar-refractivity contribution in [2.75, 3.05) is 0 Å². The zero-order chi connectivity index (χ0) is 21.1. The number of imidazole rings is 1. The van der Waals surface area contributed by atoms with E-state index >= 15 is 0 Å². The highest BCUT2D eigenvalue weighted by Crippen LogP contribution is 2.59. The fraction of sp³-hybridized carbons (Fsp3) is 0.179. The molecule has 3 aliphatic rings. The van der Waals surface area contributed by atoms with Crippen molar-refractivity contribution >= 4 is 0 Å². The number of hydrogen-bond donors (Lipinski definition) is 0. The van der Waals surface area contributed by atoms with Crippen molar-refractivity contribution in [3.05, 3.63) is 138 Å². The Balaban J connectivity index is 0.00000206. The molecule has 0 saturated carbocycles. The first-order valence-electron chi connectivity index (χ1n) is 11.1. The van der Waals surface area contributed by atoms with Crippen molar-refractivity contribution in [3.63, 3.8) is 0 Å². The standard InChI is InChI=1S/C28H23N2O2.ClH/c1-2-6-20(7-3-1)17-29-12-13-30-25-16-28(21-10-14-31-18-21,22-11-15-32-19-22)26(27(29)30)24-9-5-4-8-23(24)25;/h1-15,18-19,25-26H,16-17H2;1H/q+1;/p-1/t25-,26+;/m1./s1. The van der Waals surface area contributed by atoms with E-state index in [4.69, 9.17) is 8.83 Å². The first-order chi connectivity index (χ1) is 15.9. The van der Waals surface area contributed by atoms with Gasteiger partial charge in [-0.2, -0.15) is 0 Å². The van der Waals surface area contributed by atoms with Crippen LogP contribution in [0.15, 0.2) is 113 Å². The van der Waals surface area contributed by atoms with Gasteiger partial charge in [-0.25, -0.2) is 9.13 Å². The second kappa shape index (κ2) is 7.53. The molecule has 0 amide bonds. The first-order valence-corrected chi connectivity index (χ1v) is 11.1. The van der Waals surface area contributed by atoms with Gasteiger partial charge in [0.1, 0.15) is 30.9 Å². The molecule has 2 aromatic carbocycles. The number of benzene rings is 2. The van der Waals surface area contributed by atoms with E-state index in [2.05, 4.69) is 88.3 Å². The van der Waals surface area contributed by atoms with Crippen molar-refractivity contribution in [2.24, 2.45) is 0 Å². The lowest BCUT2D eigenvalue weighted by Gasteiger charge is -2.49. The second-order valence-corrected chi connectivity index (χ2v) is 8.95. The van der Waals surface area contributed by atoms with Gasteiger partial charge in [0.05, 0.1) is 25.1 Å². The Morgan fingerprint density at radius 1 is 0.848 bits per heavy atom. The molecular formula is C28H23ClN2O2. The van der Waals surface area contributed by atoms with E-state index in [9.17, 15) is 0 Å². The lowest BCUT2D eigenvalue weighted by molar-refractivity contribution is -0.732. The zero-order valence-corrected chi connectivity index (χ0v) is 18.7. The molecule has 0 N–H and O–H groups in total. The molecule has 5 heterocycles. The molecule has 0 radical (unpaired) electrons. The summed E-state index contributed by atoms with van der Waals surface area (Å²) in [4.78, 5) is 0. The molecule has 164 valence electrons. The third-order valence-corrected chi connectivity index (χ3v) is 7.50. The van der Waals surface area contributed by atoms with Crippen molar-refractivity contribution < 1.29 is 25.8 Å². The summed E-state index contributed by atoms with van der Waals surface area (Å²) in [5.41, 5.74) is 6.31. The Labute approximate surface area is 198 Å². The molecule has 8 rings (SSSR count). The van der Waals surface area contributed by atoms with E-state index < -0.39 is 0 Å². The molecule has 5 heteroatoms. The summed E-state index contributed by atoms with van der Waals surface area (Å²) in [6.45, 7) is 0.849. The first kappa shape index (κ1) is 20.1. The molecule has 3 aromatic heterocycles.